The summed E-state index contributed by atoms with van der Waals surface area (Å²) in [4.78, 5) is 20.0. The van der Waals surface area contributed by atoms with Gasteiger partial charge in [-0.1, -0.05) is 13.0 Å². The van der Waals surface area contributed by atoms with Gasteiger partial charge in [-0.25, -0.2) is 14.8 Å². The summed E-state index contributed by atoms with van der Waals surface area (Å²) in [6.07, 6.45) is 1.90. The zero-order valence-electron chi connectivity index (χ0n) is 11.8. The van der Waals surface area contributed by atoms with Crippen molar-refractivity contribution in [1.82, 2.24) is 9.97 Å². The number of halogens is 1. The summed E-state index contributed by atoms with van der Waals surface area (Å²) < 4.78 is 18.9. The Morgan fingerprint density at radius 1 is 1.36 bits per heavy atom. The molecule has 3 aromatic rings. The van der Waals surface area contributed by atoms with Gasteiger partial charge in [-0.15, -0.1) is 0 Å². The molecule has 0 saturated heterocycles. The lowest BCUT2D eigenvalue weighted by molar-refractivity contribution is 0.282. The minimum absolute atomic E-state index is 0.0222. The van der Waals surface area contributed by atoms with Crippen LogP contribution < -0.4 is 5.63 Å². The minimum Gasteiger partial charge on any atom is -0.403 e. The predicted molar refractivity (Wildman–Crippen MR) is 78.8 cm³/mol. The number of pyridine rings is 1. The molecule has 1 aromatic carbocycles. The Morgan fingerprint density at radius 3 is 2.86 bits per heavy atom. The van der Waals surface area contributed by atoms with Crippen molar-refractivity contribution >= 4 is 10.9 Å². The van der Waals surface area contributed by atoms with E-state index in [-0.39, 0.29) is 18.1 Å². The largest absolute Gasteiger partial charge is 0.403 e. The van der Waals surface area contributed by atoms with Gasteiger partial charge in [0, 0.05) is 6.20 Å². The fraction of sp³-hybridized carbons (Fsp3) is 0.188. The molecule has 0 fully saturated rings. The summed E-state index contributed by atoms with van der Waals surface area (Å²) in [5.74, 6) is -0.883. The summed E-state index contributed by atoms with van der Waals surface area (Å²) in [7, 11) is 0. The highest BCUT2D eigenvalue weighted by Gasteiger charge is 2.15. The van der Waals surface area contributed by atoms with Gasteiger partial charge in [-0.3, -0.25) is 0 Å². The Kier molecular flexibility index (Phi) is 3.68. The molecule has 112 valence electrons. The molecular weight excluding hydrogens is 287 g/mol. The minimum atomic E-state index is -0.758. The van der Waals surface area contributed by atoms with Gasteiger partial charge in [-0.05, 0) is 35.7 Å². The van der Waals surface area contributed by atoms with E-state index in [0.29, 0.717) is 22.9 Å². The first-order valence-electron chi connectivity index (χ1n) is 6.82. The maximum Gasteiger partial charge on any atom is 0.347 e. The smallest absolute Gasteiger partial charge is 0.347 e. The molecule has 0 amide bonds. The number of hydrogen-bond donors (Lipinski definition) is 1. The van der Waals surface area contributed by atoms with Crippen LogP contribution in [-0.4, -0.2) is 15.1 Å². The fourth-order valence-corrected chi connectivity index (χ4v) is 2.38. The molecule has 1 N–H and O–H groups in total. The molecule has 3 rings (SSSR count). The van der Waals surface area contributed by atoms with Crippen LogP contribution in [0.5, 0.6) is 0 Å². The van der Waals surface area contributed by atoms with E-state index in [9.17, 15) is 14.3 Å². The highest BCUT2D eigenvalue weighted by molar-refractivity contribution is 5.83. The lowest BCUT2D eigenvalue weighted by Gasteiger charge is -2.07. The number of fused-ring (bicyclic) bond motifs is 1. The SMILES string of the molecule is CCc1cc(CO)cc2nc(-c3cccnc3F)oc(=O)c12. The third-order valence-electron chi connectivity index (χ3n) is 3.43. The van der Waals surface area contributed by atoms with Gasteiger partial charge in [0.15, 0.2) is 0 Å². The van der Waals surface area contributed by atoms with E-state index in [1.807, 2.05) is 6.92 Å². The Morgan fingerprint density at radius 2 is 2.18 bits per heavy atom. The van der Waals surface area contributed by atoms with Crippen molar-refractivity contribution < 1.29 is 13.9 Å². The van der Waals surface area contributed by atoms with Gasteiger partial charge < -0.3 is 9.52 Å². The third kappa shape index (κ3) is 2.37. The number of hydrogen-bond acceptors (Lipinski definition) is 5. The number of aliphatic hydroxyl groups excluding tert-OH is 1. The number of aryl methyl sites for hydroxylation is 1. The molecule has 2 heterocycles. The second kappa shape index (κ2) is 5.65. The molecular formula is C16H13FN2O3. The van der Waals surface area contributed by atoms with Crippen molar-refractivity contribution in [3.05, 3.63) is 58.0 Å². The van der Waals surface area contributed by atoms with Crippen LogP contribution in [0.3, 0.4) is 0 Å². The molecule has 0 saturated carbocycles. The maximum atomic E-state index is 13.7. The molecule has 22 heavy (non-hydrogen) atoms. The van der Waals surface area contributed by atoms with Crippen LogP contribution in [0.2, 0.25) is 0 Å². The first-order chi connectivity index (χ1) is 10.6. The van der Waals surface area contributed by atoms with Gasteiger partial charge in [0.05, 0.1) is 23.1 Å². The fourth-order valence-electron chi connectivity index (χ4n) is 2.38. The van der Waals surface area contributed by atoms with E-state index in [4.69, 9.17) is 4.42 Å². The third-order valence-corrected chi connectivity index (χ3v) is 3.43. The number of aliphatic hydroxyl groups is 1. The van der Waals surface area contributed by atoms with Crippen LogP contribution in [-0.2, 0) is 13.0 Å². The molecule has 6 heteroatoms. The average molecular weight is 300 g/mol. The molecule has 0 aliphatic carbocycles. The van der Waals surface area contributed by atoms with Crippen molar-refractivity contribution in [2.75, 3.05) is 0 Å². The van der Waals surface area contributed by atoms with Crippen LogP contribution in [0.1, 0.15) is 18.1 Å². The summed E-state index contributed by atoms with van der Waals surface area (Å²) >= 11 is 0. The highest BCUT2D eigenvalue weighted by atomic mass is 19.1. The van der Waals surface area contributed by atoms with Gasteiger partial charge in [-0.2, -0.15) is 4.39 Å². The van der Waals surface area contributed by atoms with Crippen molar-refractivity contribution in [3.63, 3.8) is 0 Å². The van der Waals surface area contributed by atoms with E-state index in [2.05, 4.69) is 9.97 Å². The Balaban J connectivity index is 2.33. The second-order valence-corrected chi connectivity index (χ2v) is 4.81. The standard InChI is InChI=1S/C16H13FN2O3/c1-2-10-6-9(8-20)7-12-13(10)16(21)22-15(19-12)11-4-3-5-18-14(11)17/h3-7,20H,2,8H2,1H3. The van der Waals surface area contributed by atoms with Gasteiger partial charge >= 0.3 is 5.63 Å². The van der Waals surface area contributed by atoms with Crippen molar-refractivity contribution in [2.24, 2.45) is 0 Å². The van der Waals surface area contributed by atoms with Crippen LogP contribution in [0.15, 0.2) is 39.7 Å². The number of benzene rings is 1. The summed E-state index contributed by atoms with van der Waals surface area (Å²) in [5.41, 5.74) is 1.19. The highest BCUT2D eigenvalue weighted by Crippen LogP contribution is 2.23. The summed E-state index contributed by atoms with van der Waals surface area (Å²) in [6, 6.07) is 6.32. The summed E-state index contributed by atoms with van der Waals surface area (Å²) in [5, 5.41) is 9.67. The van der Waals surface area contributed by atoms with E-state index in [0.717, 1.165) is 5.56 Å². The summed E-state index contributed by atoms with van der Waals surface area (Å²) in [6.45, 7) is 1.73. The molecule has 5 nitrogen and oxygen atoms in total. The van der Waals surface area contributed by atoms with Crippen LogP contribution in [0.4, 0.5) is 4.39 Å². The predicted octanol–water partition coefficient (Wildman–Crippen LogP) is 2.44. The lowest BCUT2D eigenvalue weighted by atomic mass is 10.0. The maximum absolute atomic E-state index is 13.7. The quantitative estimate of drug-likeness (QED) is 0.752. The van der Waals surface area contributed by atoms with Crippen LogP contribution >= 0.6 is 0 Å². The molecule has 0 bridgehead atoms. The Bertz CT molecular complexity index is 906. The Hall–Kier alpha value is -2.60. The normalized spacial score (nSPS) is 11.0. The molecule has 0 radical (unpaired) electrons. The monoisotopic (exact) mass is 300 g/mol. The number of aromatic nitrogens is 2. The average Bonchev–Trinajstić information content (AvgIpc) is 2.53. The van der Waals surface area contributed by atoms with E-state index < -0.39 is 11.6 Å². The van der Waals surface area contributed by atoms with Crippen LogP contribution in [0.25, 0.3) is 22.4 Å². The van der Waals surface area contributed by atoms with E-state index in [1.54, 1.807) is 12.1 Å². The van der Waals surface area contributed by atoms with Gasteiger partial charge in [0.2, 0.25) is 11.8 Å². The van der Waals surface area contributed by atoms with E-state index in [1.165, 1.54) is 18.3 Å². The van der Waals surface area contributed by atoms with Gasteiger partial charge in [0.25, 0.3) is 0 Å². The molecule has 0 aliphatic heterocycles. The van der Waals surface area contributed by atoms with Crippen molar-refractivity contribution in [2.45, 2.75) is 20.0 Å². The molecule has 0 unspecified atom stereocenters. The van der Waals surface area contributed by atoms with Gasteiger partial charge in [0.1, 0.15) is 0 Å². The molecule has 0 atom stereocenters. The Labute approximate surface area is 125 Å². The first kappa shape index (κ1) is 14.3. The van der Waals surface area contributed by atoms with Crippen LogP contribution in [0, 0.1) is 5.95 Å². The number of nitrogens with zero attached hydrogens (tertiary/aromatic N) is 2. The number of rotatable bonds is 3. The molecule has 0 spiro atoms. The lowest BCUT2D eigenvalue weighted by Crippen LogP contribution is -2.07. The van der Waals surface area contributed by atoms with Crippen molar-refractivity contribution in [1.29, 1.82) is 0 Å². The molecule has 0 aliphatic rings. The second-order valence-electron chi connectivity index (χ2n) is 4.81. The van der Waals surface area contributed by atoms with Crippen molar-refractivity contribution in [3.8, 4) is 11.5 Å². The molecule has 2 aromatic heterocycles. The zero-order chi connectivity index (χ0) is 15.7. The topological polar surface area (TPSA) is 76.2 Å². The van der Waals surface area contributed by atoms with E-state index >= 15 is 0 Å². The first-order valence-corrected chi connectivity index (χ1v) is 6.82. The zero-order valence-corrected chi connectivity index (χ0v) is 11.8.